The van der Waals surface area contributed by atoms with Gasteiger partial charge in [0.15, 0.2) is 5.82 Å². The summed E-state index contributed by atoms with van der Waals surface area (Å²) in [5.74, 6) is 4.61. The summed E-state index contributed by atoms with van der Waals surface area (Å²) in [4.78, 5) is 17.7. The van der Waals surface area contributed by atoms with Gasteiger partial charge in [-0.2, -0.15) is 9.97 Å². The number of nitrogens with one attached hydrogen (secondary N) is 1. The molecule has 1 aromatic heterocycles. The normalized spacial score (nSPS) is 17.8. The molecule has 3 aromatic carbocycles. The Kier molecular flexibility index (Phi) is 7.17. The van der Waals surface area contributed by atoms with E-state index in [1.165, 1.54) is 16.7 Å². The number of anilines is 4. The Morgan fingerprint density at radius 2 is 1.40 bits per heavy atom. The van der Waals surface area contributed by atoms with E-state index in [0.29, 0.717) is 0 Å². The number of hydrogen-bond acceptors (Lipinski definition) is 9. The molecular weight excluding hydrogens is 526 g/mol. The van der Waals surface area contributed by atoms with Crippen molar-refractivity contribution in [2.24, 2.45) is 0 Å². The predicted molar refractivity (Wildman–Crippen MR) is 167 cm³/mol. The maximum absolute atomic E-state index is 5.64. The van der Waals surface area contributed by atoms with E-state index >= 15 is 0 Å². The third kappa shape index (κ3) is 5.05. The molecule has 1 fully saturated rings. The minimum atomic E-state index is 0.210. The summed E-state index contributed by atoms with van der Waals surface area (Å²) in [6.45, 7) is 5.89. The highest BCUT2D eigenvalue weighted by molar-refractivity contribution is 5.69. The van der Waals surface area contributed by atoms with Crippen LogP contribution in [0.25, 0.3) is 0 Å². The zero-order valence-corrected chi connectivity index (χ0v) is 24.2. The Balaban J connectivity index is 1.20. The molecular formula is C33H37N7O2. The first-order valence-corrected chi connectivity index (χ1v) is 14.7. The van der Waals surface area contributed by atoms with E-state index in [1.807, 2.05) is 24.3 Å². The Hall–Kier alpha value is -4.50. The summed E-state index contributed by atoms with van der Waals surface area (Å²) in [5.41, 5.74) is 8.60. The summed E-state index contributed by atoms with van der Waals surface area (Å²) < 4.78 is 11.0. The van der Waals surface area contributed by atoms with Crippen LogP contribution >= 0.6 is 0 Å². The molecule has 0 aliphatic carbocycles. The third-order valence-corrected chi connectivity index (χ3v) is 8.50. The molecule has 1 N–H and O–H groups in total. The molecule has 0 spiro atoms. The van der Waals surface area contributed by atoms with Crippen molar-refractivity contribution in [1.82, 2.24) is 15.4 Å². The summed E-state index contributed by atoms with van der Waals surface area (Å²) >= 11 is 0. The van der Waals surface area contributed by atoms with Gasteiger partial charge < -0.3 is 24.2 Å². The lowest BCUT2D eigenvalue weighted by atomic mass is 10.0. The second-order valence-electron chi connectivity index (χ2n) is 11.0. The van der Waals surface area contributed by atoms with Crippen LogP contribution < -0.4 is 34.6 Å². The molecule has 3 aliphatic rings. The first kappa shape index (κ1) is 26.4. The molecule has 0 bridgehead atoms. The fourth-order valence-corrected chi connectivity index (χ4v) is 6.28. The molecule has 216 valence electrons. The van der Waals surface area contributed by atoms with Gasteiger partial charge in [-0.25, -0.2) is 5.43 Å². The van der Waals surface area contributed by atoms with Gasteiger partial charge in [-0.05, 0) is 41.8 Å². The van der Waals surface area contributed by atoms with E-state index in [9.17, 15) is 0 Å². The van der Waals surface area contributed by atoms with Gasteiger partial charge in [0.25, 0.3) is 0 Å². The molecule has 3 aliphatic heterocycles. The van der Waals surface area contributed by atoms with Gasteiger partial charge in [-0.1, -0.05) is 54.6 Å². The van der Waals surface area contributed by atoms with Crippen LogP contribution in [0.5, 0.6) is 11.5 Å². The number of piperazine rings is 1. The SMILES string of the molecule is COc1ccc(CN2CCC3NN(Cc4ccccc4)c4nc(N5CCN(c6ccccc6OC)CC5)nc2c43)cc1. The lowest BCUT2D eigenvalue weighted by Gasteiger charge is -2.38. The second kappa shape index (κ2) is 11.4. The molecule has 1 saturated heterocycles. The zero-order chi connectivity index (χ0) is 28.5. The van der Waals surface area contributed by atoms with Gasteiger partial charge in [-0.3, -0.25) is 5.01 Å². The van der Waals surface area contributed by atoms with E-state index in [-0.39, 0.29) is 6.04 Å². The number of benzene rings is 3. The van der Waals surface area contributed by atoms with Crippen LogP contribution in [0.2, 0.25) is 0 Å². The zero-order valence-electron chi connectivity index (χ0n) is 24.2. The number of nitrogens with zero attached hydrogens (tertiary/aromatic N) is 6. The van der Waals surface area contributed by atoms with Gasteiger partial charge >= 0.3 is 0 Å². The predicted octanol–water partition coefficient (Wildman–Crippen LogP) is 4.80. The minimum absolute atomic E-state index is 0.210. The van der Waals surface area contributed by atoms with Gasteiger partial charge in [0.05, 0.1) is 38.1 Å². The van der Waals surface area contributed by atoms with Gasteiger partial charge in [-0.15, -0.1) is 0 Å². The highest BCUT2D eigenvalue weighted by Gasteiger charge is 2.39. The van der Waals surface area contributed by atoms with Crippen molar-refractivity contribution in [3.05, 3.63) is 95.6 Å². The molecule has 0 saturated carbocycles. The van der Waals surface area contributed by atoms with Gasteiger partial charge in [0.2, 0.25) is 5.95 Å². The van der Waals surface area contributed by atoms with E-state index in [4.69, 9.17) is 19.4 Å². The molecule has 1 atom stereocenters. The highest BCUT2D eigenvalue weighted by Crippen LogP contribution is 2.44. The molecule has 4 aromatic rings. The first-order valence-electron chi connectivity index (χ1n) is 14.7. The largest absolute Gasteiger partial charge is 0.497 e. The van der Waals surface area contributed by atoms with Crippen molar-refractivity contribution in [1.29, 1.82) is 0 Å². The Bertz CT molecular complexity index is 1520. The Labute approximate surface area is 247 Å². The standard InChI is InChI=1S/C33H37N7O2/c1-41-26-14-12-25(13-15-26)22-39-17-16-27-30-31(39)34-33(35-32(30)40(36-27)23-24-8-4-3-5-9-24)38-20-18-37(19-21-38)28-10-6-7-11-29(28)42-2/h3-15,27,36H,16-23H2,1-2H3. The number of methoxy groups -OCH3 is 2. The van der Waals surface area contributed by atoms with Crippen LogP contribution in [-0.4, -0.2) is 56.9 Å². The molecule has 9 nitrogen and oxygen atoms in total. The number of para-hydroxylation sites is 2. The van der Waals surface area contributed by atoms with E-state index < -0.39 is 0 Å². The van der Waals surface area contributed by atoms with Crippen LogP contribution in [0, 0.1) is 0 Å². The fraction of sp³-hybridized carbons (Fsp3) is 0.333. The maximum atomic E-state index is 5.64. The topological polar surface area (TPSA) is 69.2 Å². The summed E-state index contributed by atoms with van der Waals surface area (Å²) in [7, 11) is 3.44. The van der Waals surface area contributed by atoms with Crippen molar-refractivity contribution >= 4 is 23.3 Å². The summed E-state index contributed by atoms with van der Waals surface area (Å²) in [5, 5.41) is 2.23. The van der Waals surface area contributed by atoms with Gasteiger partial charge in [0.1, 0.15) is 17.3 Å². The lowest BCUT2D eigenvalue weighted by Crippen LogP contribution is -2.47. The number of ether oxygens (including phenoxy) is 2. The molecule has 42 heavy (non-hydrogen) atoms. The molecule has 0 amide bonds. The molecule has 4 heterocycles. The molecule has 7 rings (SSSR count). The van der Waals surface area contributed by atoms with E-state index in [1.54, 1.807) is 14.2 Å². The van der Waals surface area contributed by atoms with Crippen molar-refractivity contribution in [2.45, 2.75) is 25.6 Å². The smallest absolute Gasteiger partial charge is 0.229 e. The highest BCUT2D eigenvalue weighted by atomic mass is 16.5. The fourth-order valence-electron chi connectivity index (χ4n) is 6.28. The maximum Gasteiger partial charge on any atom is 0.229 e. The van der Waals surface area contributed by atoms with Crippen molar-refractivity contribution in [3.8, 4) is 11.5 Å². The summed E-state index contributed by atoms with van der Waals surface area (Å²) in [6, 6.07) is 27.4. The number of hydrogen-bond donors (Lipinski definition) is 1. The second-order valence-corrected chi connectivity index (χ2v) is 11.0. The number of aromatic nitrogens is 2. The lowest BCUT2D eigenvalue weighted by molar-refractivity contribution is 0.413. The van der Waals surface area contributed by atoms with Crippen LogP contribution in [-0.2, 0) is 13.1 Å². The Morgan fingerprint density at radius 3 is 2.17 bits per heavy atom. The minimum Gasteiger partial charge on any atom is -0.497 e. The van der Waals surface area contributed by atoms with E-state index in [0.717, 1.165) is 87.0 Å². The Morgan fingerprint density at radius 1 is 0.714 bits per heavy atom. The molecule has 9 heteroatoms. The quantitative estimate of drug-likeness (QED) is 0.326. The van der Waals surface area contributed by atoms with Crippen LogP contribution in [0.3, 0.4) is 0 Å². The van der Waals surface area contributed by atoms with E-state index in [2.05, 4.69) is 79.7 Å². The van der Waals surface area contributed by atoms with Crippen molar-refractivity contribution in [3.63, 3.8) is 0 Å². The molecule has 0 radical (unpaired) electrons. The molecule has 1 unspecified atom stereocenters. The third-order valence-electron chi connectivity index (χ3n) is 8.50. The van der Waals surface area contributed by atoms with Crippen molar-refractivity contribution < 1.29 is 9.47 Å². The van der Waals surface area contributed by atoms with Crippen molar-refractivity contribution in [2.75, 3.05) is 66.7 Å². The number of rotatable bonds is 8. The summed E-state index contributed by atoms with van der Waals surface area (Å²) in [6.07, 6.45) is 1.00. The average Bonchev–Trinajstić information content (AvgIpc) is 3.40. The van der Waals surface area contributed by atoms with Crippen LogP contribution in [0.15, 0.2) is 78.9 Å². The monoisotopic (exact) mass is 563 g/mol. The average molecular weight is 564 g/mol. The van der Waals surface area contributed by atoms with Gasteiger partial charge in [0, 0.05) is 39.3 Å². The number of hydrazine groups is 1. The van der Waals surface area contributed by atoms with Crippen LogP contribution in [0.4, 0.5) is 23.3 Å². The van der Waals surface area contributed by atoms with Crippen LogP contribution in [0.1, 0.15) is 29.2 Å². The first-order chi connectivity index (χ1) is 20.7.